The Kier molecular flexibility index (Phi) is 3.84. The molecular formula is C4H6BrClN2O. The van der Waals surface area contributed by atoms with Crippen LogP contribution in [0.1, 0.15) is 5.69 Å². The average molecular weight is 213 g/mol. The van der Waals surface area contributed by atoms with Crippen LogP contribution < -0.4 is 0 Å². The van der Waals surface area contributed by atoms with Crippen LogP contribution in [0.5, 0.6) is 0 Å². The number of aliphatic hydroxyl groups excluding tert-OH is 1. The van der Waals surface area contributed by atoms with Gasteiger partial charge in [-0.05, 0) is 22.0 Å². The Labute approximate surface area is 67.0 Å². The molecule has 0 unspecified atom stereocenters. The molecule has 0 saturated carbocycles. The van der Waals surface area contributed by atoms with E-state index in [9.17, 15) is 0 Å². The summed E-state index contributed by atoms with van der Waals surface area (Å²) >= 11 is 3.12. The average Bonchev–Trinajstić information content (AvgIpc) is 2.14. The SMILES string of the molecule is Cl.OCc1cc(Br)n[nH]1. The molecule has 0 saturated heterocycles. The van der Waals surface area contributed by atoms with Crippen LogP contribution in [0.3, 0.4) is 0 Å². The summed E-state index contributed by atoms with van der Waals surface area (Å²) in [4.78, 5) is 0. The molecule has 1 aromatic rings. The molecule has 1 heterocycles. The molecular weight excluding hydrogens is 207 g/mol. The molecule has 9 heavy (non-hydrogen) atoms. The number of halogens is 2. The van der Waals surface area contributed by atoms with E-state index in [-0.39, 0.29) is 19.0 Å². The highest BCUT2D eigenvalue weighted by atomic mass is 79.9. The monoisotopic (exact) mass is 212 g/mol. The van der Waals surface area contributed by atoms with Crippen LogP contribution in [0.2, 0.25) is 0 Å². The minimum Gasteiger partial charge on any atom is -0.390 e. The van der Waals surface area contributed by atoms with Gasteiger partial charge in [-0.2, -0.15) is 5.10 Å². The number of aromatic amines is 1. The maximum absolute atomic E-state index is 8.46. The van der Waals surface area contributed by atoms with Crippen LogP contribution in [-0.4, -0.2) is 15.3 Å². The molecule has 0 radical (unpaired) electrons. The van der Waals surface area contributed by atoms with Gasteiger partial charge in [-0.25, -0.2) is 0 Å². The van der Waals surface area contributed by atoms with Gasteiger partial charge in [-0.1, -0.05) is 0 Å². The molecule has 2 N–H and O–H groups in total. The number of hydrogen-bond acceptors (Lipinski definition) is 2. The predicted octanol–water partition coefficient (Wildman–Crippen LogP) is 1.09. The van der Waals surface area contributed by atoms with E-state index in [0.29, 0.717) is 0 Å². The Morgan fingerprint density at radius 2 is 2.44 bits per heavy atom. The number of nitrogens with one attached hydrogen (secondary N) is 1. The summed E-state index contributed by atoms with van der Waals surface area (Å²) in [6.45, 7) is 0.0125. The van der Waals surface area contributed by atoms with Gasteiger partial charge in [0.15, 0.2) is 0 Å². The maximum atomic E-state index is 8.46. The van der Waals surface area contributed by atoms with Crippen molar-refractivity contribution in [3.05, 3.63) is 16.4 Å². The molecule has 0 fully saturated rings. The van der Waals surface area contributed by atoms with E-state index in [1.54, 1.807) is 6.07 Å². The minimum absolute atomic E-state index is 0. The van der Waals surface area contributed by atoms with Crippen molar-refractivity contribution in [3.63, 3.8) is 0 Å². The summed E-state index contributed by atoms with van der Waals surface area (Å²) in [6, 6.07) is 1.72. The number of nitrogens with zero attached hydrogens (tertiary/aromatic N) is 1. The second-order valence-electron chi connectivity index (χ2n) is 1.37. The fraction of sp³-hybridized carbons (Fsp3) is 0.250. The van der Waals surface area contributed by atoms with Crippen LogP contribution in [-0.2, 0) is 6.61 Å². The largest absolute Gasteiger partial charge is 0.390 e. The van der Waals surface area contributed by atoms with Crippen LogP contribution in [0.15, 0.2) is 10.7 Å². The third-order valence-electron chi connectivity index (χ3n) is 0.770. The van der Waals surface area contributed by atoms with Gasteiger partial charge in [-0.3, -0.25) is 5.10 Å². The summed E-state index contributed by atoms with van der Waals surface area (Å²) < 4.78 is 0.724. The van der Waals surface area contributed by atoms with Crippen LogP contribution >= 0.6 is 28.3 Å². The first-order valence-corrected chi connectivity index (χ1v) is 2.93. The maximum Gasteiger partial charge on any atom is 0.128 e. The predicted molar refractivity (Wildman–Crippen MR) is 39.5 cm³/mol. The third kappa shape index (κ3) is 2.34. The van der Waals surface area contributed by atoms with Gasteiger partial charge in [0, 0.05) is 0 Å². The van der Waals surface area contributed by atoms with Crippen molar-refractivity contribution >= 4 is 28.3 Å². The van der Waals surface area contributed by atoms with Gasteiger partial charge in [0.05, 0.1) is 12.3 Å². The highest BCUT2D eigenvalue weighted by molar-refractivity contribution is 9.10. The van der Waals surface area contributed by atoms with Crippen molar-refractivity contribution in [3.8, 4) is 0 Å². The van der Waals surface area contributed by atoms with Crippen molar-refractivity contribution in [2.24, 2.45) is 0 Å². The molecule has 0 aliphatic rings. The van der Waals surface area contributed by atoms with Gasteiger partial charge >= 0.3 is 0 Å². The lowest BCUT2D eigenvalue weighted by Crippen LogP contribution is -1.79. The number of rotatable bonds is 1. The molecule has 0 aliphatic heterocycles. The molecule has 1 aromatic heterocycles. The van der Waals surface area contributed by atoms with E-state index in [1.807, 2.05) is 0 Å². The Morgan fingerprint density at radius 3 is 2.67 bits per heavy atom. The molecule has 0 spiro atoms. The van der Waals surface area contributed by atoms with Crippen LogP contribution in [0.4, 0.5) is 0 Å². The van der Waals surface area contributed by atoms with Gasteiger partial charge in [0.25, 0.3) is 0 Å². The Morgan fingerprint density at radius 1 is 1.78 bits per heavy atom. The number of aromatic nitrogens is 2. The Balaban J connectivity index is 0.000000640. The van der Waals surface area contributed by atoms with E-state index >= 15 is 0 Å². The van der Waals surface area contributed by atoms with Gasteiger partial charge < -0.3 is 5.11 Å². The zero-order valence-electron chi connectivity index (χ0n) is 4.47. The molecule has 0 bridgehead atoms. The summed E-state index contributed by atoms with van der Waals surface area (Å²) in [5, 5.41) is 14.8. The first kappa shape index (κ1) is 8.94. The lowest BCUT2D eigenvalue weighted by atomic mass is 10.5. The number of H-pyrrole nitrogens is 1. The molecule has 0 aromatic carbocycles. The van der Waals surface area contributed by atoms with Crippen LogP contribution in [0, 0.1) is 0 Å². The van der Waals surface area contributed by atoms with Crippen molar-refractivity contribution in [2.75, 3.05) is 0 Å². The highest BCUT2D eigenvalue weighted by Crippen LogP contribution is 2.05. The molecule has 0 atom stereocenters. The molecule has 3 nitrogen and oxygen atoms in total. The van der Waals surface area contributed by atoms with Gasteiger partial charge in [0.1, 0.15) is 4.60 Å². The van der Waals surface area contributed by atoms with E-state index < -0.39 is 0 Å². The Bertz CT molecular complexity index is 179. The fourth-order valence-electron chi connectivity index (χ4n) is 0.415. The smallest absolute Gasteiger partial charge is 0.128 e. The van der Waals surface area contributed by atoms with Crippen LogP contribution in [0.25, 0.3) is 0 Å². The molecule has 5 heteroatoms. The lowest BCUT2D eigenvalue weighted by molar-refractivity contribution is 0.276. The minimum atomic E-state index is 0. The number of aliphatic hydroxyl groups is 1. The fourth-order valence-corrected chi connectivity index (χ4v) is 0.780. The quantitative estimate of drug-likeness (QED) is 0.734. The molecule has 1 rings (SSSR count). The van der Waals surface area contributed by atoms with E-state index in [4.69, 9.17) is 5.11 Å². The molecule has 0 aliphatic carbocycles. The molecule has 52 valence electrons. The summed E-state index contributed by atoms with van der Waals surface area (Å²) in [6.07, 6.45) is 0. The van der Waals surface area contributed by atoms with Crippen molar-refractivity contribution in [1.82, 2.24) is 10.2 Å². The van der Waals surface area contributed by atoms with Crippen molar-refractivity contribution in [2.45, 2.75) is 6.61 Å². The second-order valence-corrected chi connectivity index (χ2v) is 2.19. The van der Waals surface area contributed by atoms with Crippen molar-refractivity contribution in [1.29, 1.82) is 0 Å². The zero-order valence-corrected chi connectivity index (χ0v) is 6.87. The summed E-state index contributed by atoms with van der Waals surface area (Å²) in [5.74, 6) is 0. The first-order chi connectivity index (χ1) is 3.83. The molecule has 0 amide bonds. The third-order valence-corrected chi connectivity index (χ3v) is 1.18. The highest BCUT2D eigenvalue weighted by Gasteiger charge is 1.92. The lowest BCUT2D eigenvalue weighted by Gasteiger charge is -1.79. The van der Waals surface area contributed by atoms with E-state index in [2.05, 4.69) is 26.1 Å². The number of hydrogen-bond donors (Lipinski definition) is 2. The van der Waals surface area contributed by atoms with Gasteiger partial charge in [-0.15, -0.1) is 12.4 Å². The summed E-state index contributed by atoms with van der Waals surface area (Å²) in [7, 11) is 0. The van der Waals surface area contributed by atoms with Crippen molar-refractivity contribution < 1.29 is 5.11 Å². The normalized spacial score (nSPS) is 8.67. The standard InChI is InChI=1S/C4H5BrN2O.ClH/c5-4-1-3(2-8)6-7-4;/h1,8H,2H2,(H,6,7);1H. The van der Waals surface area contributed by atoms with E-state index in [0.717, 1.165) is 10.3 Å². The zero-order chi connectivity index (χ0) is 5.98. The van der Waals surface area contributed by atoms with Gasteiger partial charge in [0.2, 0.25) is 0 Å². The van der Waals surface area contributed by atoms with E-state index in [1.165, 1.54) is 0 Å². The first-order valence-electron chi connectivity index (χ1n) is 2.13. The topological polar surface area (TPSA) is 48.9 Å². The second kappa shape index (κ2) is 3.87. The Hall–Kier alpha value is -0.0600. The summed E-state index contributed by atoms with van der Waals surface area (Å²) in [5.41, 5.74) is 0.719.